The number of carbonyl (C=O) groups is 1. The van der Waals surface area contributed by atoms with E-state index in [1.54, 1.807) is 4.90 Å². The van der Waals surface area contributed by atoms with Gasteiger partial charge >= 0.3 is 7.60 Å². The molecular weight excluding hydrogens is 375 g/mol. The number of anilines is 2. The van der Waals surface area contributed by atoms with Crippen molar-refractivity contribution in [3.63, 3.8) is 0 Å². The fourth-order valence-corrected chi connectivity index (χ4v) is 4.22. The Morgan fingerprint density at radius 3 is 2.65 bits per heavy atom. The molecule has 1 aliphatic rings. The van der Waals surface area contributed by atoms with Crippen molar-refractivity contribution < 1.29 is 19.1 Å². The van der Waals surface area contributed by atoms with Crippen LogP contribution in [0.4, 0.5) is 11.6 Å². The molecule has 1 aromatic carbocycles. The maximum Gasteiger partial charge on any atom is 0.325 e. The summed E-state index contributed by atoms with van der Waals surface area (Å²) in [5.41, 5.74) is 7.61. The van der Waals surface area contributed by atoms with Crippen molar-refractivity contribution in [2.75, 3.05) is 22.5 Å². The second kappa shape index (κ2) is 7.75. The summed E-state index contributed by atoms with van der Waals surface area (Å²) in [6, 6.07) is 9.61. The van der Waals surface area contributed by atoms with E-state index in [9.17, 15) is 9.36 Å². The van der Waals surface area contributed by atoms with Crippen LogP contribution >= 0.6 is 19.4 Å². The van der Waals surface area contributed by atoms with Crippen LogP contribution in [0.3, 0.4) is 0 Å². The molecular formula is C16H19N4O4PS. The minimum absolute atomic E-state index is 0.0755. The summed E-state index contributed by atoms with van der Waals surface area (Å²) >= 11 is 1.27. The van der Waals surface area contributed by atoms with Crippen LogP contribution in [0.25, 0.3) is 0 Å². The third kappa shape index (κ3) is 4.62. The van der Waals surface area contributed by atoms with Crippen molar-refractivity contribution in [2.45, 2.75) is 24.5 Å². The molecule has 1 aromatic heterocycles. The number of amides is 1. The molecule has 10 heteroatoms. The van der Waals surface area contributed by atoms with E-state index in [1.807, 2.05) is 30.3 Å². The molecule has 8 nitrogen and oxygen atoms in total. The summed E-state index contributed by atoms with van der Waals surface area (Å²) < 4.78 is 10.9. The lowest BCUT2D eigenvalue weighted by molar-refractivity contribution is -0.117. The predicted octanol–water partition coefficient (Wildman–Crippen LogP) is 1.81. The van der Waals surface area contributed by atoms with Gasteiger partial charge in [-0.2, -0.15) is 0 Å². The zero-order valence-corrected chi connectivity index (χ0v) is 15.6. The Hall–Kier alpha value is -1.93. The number of aromatic nitrogens is 2. The number of hydrogen-bond acceptors (Lipinski definition) is 6. The van der Waals surface area contributed by atoms with Crippen LogP contribution in [-0.2, 0) is 22.3 Å². The van der Waals surface area contributed by atoms with Gasteiger partial charge in [0.2, 0.25) is 5.91 Å². The molecule has 1 amide bonds. The van der Waals surface area contributed by atoms with Gasteiger partial charge in [-0.15, -0.1) is 0 Å². The molecule has 0 saturated carbocycles. The van der Waals surface area contributed by atoms with Crippen LogP contribution in [0.2, 0.25) is 0 Å². The lowest BCUT2D eigenvalue weighted by Crippen LogP contribution is -2.26. The molecule has 0 fully saturated rings. The standard InChI is InChI=1S/C16H19N4O4PS/c17-14-12-9-13(21)20(10-11-5-2-1-3-6-11)15(12)19-16(18-14)26-8-4-7-25(22,23)24/h1-3,5-6H,4,7-10H2,(H2,17,18,19)(H2,22,23,24). The normalized spacial score (nSPS) is 13.9. The number of thioether (sulfide) groups is 1. The van der Waals surface area contributed by atoms with Crippen molar-refractivity contribution in [1.82, 2.24) is 9.97 Å². The zero-order valence-electron chi connectivity index (χ0n) is 13.9. The Balaban J connectivity index is 1.75. The molecule has 26 heavy (non-hydrogen) atoms. The van der Waals surface area contributed by atoms with Crippen LogP contribution in [0, 0.1) is 0 Å². The third-order valence-electron chi connectivity index (χ3n) is 3.89. The molecule has 4 N–H and O–H groups in total. The number of hydrogen-bond donors (Lipinski definition) is 3. The maximum atomic E-state index is 12.4. The van der Waals surface area contributed by atoms with Crippen molar-refractivity contribution in [1.29, 1.82) is 0 Å². The summed E-state index contributed by atoms with van der Waals surface area (Å²) in [5, 5.41) is 0.403. The topological polar surface area (TPSA) is 130 Å². The summed E-state index contributed by atoms with van der Waals surface area (Å²) in [4.78, 5) is 40.4. The number of rotatable bonds is 7. The first-order valence-corrected chi connectivity index (χ1v) is 10.8. The molecule has 0 unspecified atom stereocenters. The highest BCUT2D eigenvalue weighted by atomic mass is 32.2. The first-order chi connectivity index (χ1) is 12.3. The molecule has 3 rings (SSSR count). The summed E-state index contributed by atoms with van der Waals surface area (Å²) in [5.74, 6) is 1.17. The molecule has 2 aromatic rings. The van der Waals surface area contributed by atoms with Gasteiger partial charge in [0.1, 0.15) is 11.6 Å². The van der Waals surface area contributed by atoms with Crippen LogP contribution in [0.1, 0.15) is 17.5 Å². The smallest absolute Gasteiger partial charge is 0.325 e. The molecule has 0 aliphatic carbocycles. The van der Waals surface area contributed by atoms with Crippen molar-refractivity contribution in [3.8, 4) is 0 Å². The van der Waals surface area contributed by atoms with Gasteiger partial charge in [0, 0.05) is 11.3 Å². The molecule has 1 aliphatic heterocycles. The Bertz CT molecular complexity index is 859. The van der Waals surface area contributed by atoms with Gasteiger partial charge in [0.15, 0.2) is 5.16 Å². The summed E-state index contributed by atoms with van der Waals surface area (Å²) in [6.07, 6.45) is 0.331. The Morgan fingerprint density at radius 1 is 1.23 bits per heavy atom. The van der Waals surface area contributed by atoms with E-state index in [1.165, 1.54) is 11.8 Å². The van der Waals surface area contributed by atoms with E-state index < -0.39 is 7.60 Å². The molecule has 0 bridgehead atoms. The minimum atomic E-state index is -4.00. The lowest BCUT2D eigenvalue weighted by Gasteiger charge is -2.17. The van der Waals surface area contributed by atoms with Crippen LogP contribution < -0.4 is 10.6 Å². The highest BCUT2D eigenvalue weighted by Crippen LogP contribution is 2.36. The summed E-state index contributed by atoms with van der Waals surface area (Å²) in [6.45, 7) is 0.408. The van der Waals surface area contributed by atoms with E-state index in [-0.39, 0.29) is 24.3 Å². The molecule has 138 valence electrons. The van der Waals surface area contributed by atoms with E-state index in [0.29, 0.717) is 35.3 Å². The highest BCUT2D eigenvalue weighted by molar-refractivity contribution is 7.99. The fraction of sp³-hybridized carbons (Fsp3) is 0.312. The van der Waals surface area contributed by atoms with E-state index >= 15 is 0 Å². The quantitative estimate of drug-likeness (QED) is 0.281. The van der Waals surface area contributed by atoms with Gasteiger partial charge < -0.3 is 15.5 Å². The predicted molar refractivity (Wildman–Crippen MR) is 100 cm³/mol. The SMILES string of the molecule is Nc1nc(SCCCP(=O)(O)O)nc2c1CC(=O)N2Cc1ccccc1. The second-order valence-electron chi connectivity index (χ2n) is 5.93. The third-order valence-corrected chi connectivity index (χ3v) is 5.72. The van der Waals surface area contributed by atoms with Crippen LogP contribution in [-0.4, -0.2) is 37.6 Å². The Morgan fingerprint density at radius 2 is 1.96 bits per heavy atom. The fourth-order valence-electron chi connectivity index (χ4n) is 2.65. The van der Waals surface area contributed by atoms with E-state index in [0.717, 1.165) is 5.56 Å². The number of carbonyl (C=O) groups excluding carboxylic acids is 1. The number of fused-ring (bicyclic) bond motifs is 1. The van der Waals surface area contributed by atoms with Gasteiger partial charge in [-0.25, -0.2) is 9.97 Å². The molecule has 0 atom stereocenters. The average molecular weight is 394 g/mol. The number of nitrogens with zero attached hydrogens (tertiary/aromatic N) is 3. The van der Waals surface area contributed by atoms with Crippen LogP contribution in [0.5, 0.6) is 0 Å². The first kappa shape index (κ1) is 18.8. The van der Waals surface area contributed by atoms with E-state index in [4.69, 9.17) is 15.5 Å². The van der Waals surface area contributed by atoms with Crippen molar-refractivity contribution in [3.05, 3.63) is 41.5 Å². The molecule has 2 heterocycles. The van der Waals surface area contributed by atoms with Gasteiger partial charge in [0.05, 0.1) is 19.1 Å². The van der Waals surface area contributed by atoms with Crippen molar-refractivity contribution >= 4 is 36.9 Å². The molecule has 0 radical (unpaired) electrons. The van der Waals surface area contributed by atoms with Gasteiger partial charge in [-0.05, 0) is 12.0 Å². The zero-order chi connectivity index (χ0) is 18.7. The monoisotopic (exact) mass is 394 g/mol. The van der Waals surface area contributed by atoms with Gasteiger partial charge in [0.25, 0.3) is 0 Å². The highest BCUT2D eigenvalue weighted by Gasteiger charge is 2.32. The molecule has 0 spiro atoms. The largest absolute Gasteiger partial charge is 0.383 e. The number of nitrogen functional groups attached to an aromatic ring is 1. The Labute approximate surface area is 155 Å². The first-order valence-electron chi connectivity index (χ1n) is 8.01. The van der Waals surface area contributed by atoms with Crippen molar-refractivity contribution in [2.24, 2.45) is 0 Å². The number of nitrogens with two attached hydrogens (primary N) is 1. The summed E-state index contributed by atoms with van der Waals surface area (Å²) in [7, 11) is -4.00. The van der Waals surface area contributed by atoms with Crippen LogP contribution in [0.15, 0.2) is 35.5 Å². The average Bonchev–Trinajstić information content (AvgIpc) is 2.89. The van der Waals surface area contributed by atoms with E-state index in [2.05, 4.69) is 9.97 Å². The lowest BCUT2D eigenvalue weighted by atomic mass is 10.2. The second-order valence-corrected chi connectivity index (χ2v) is 8.76. The molecule has 0 saturated heterocycles. The maximum absolute atomic E-state index is 12.4. The number of benzene rings is 1. The Kier molecular flexibility index (Phi) is 5.62. The van der Waals surface area contributed by atoms with Gasteiger partial charge in [-0.3, -0.25) is 14.3 Å². The van der Waals surface area contributed by atoms with Gasteiger partial charge in [-0.1, -0.05) is 42.1 Å². The minimum Gasteiger partial charge on any atom is -0.383 e.